The summed E-state index contributed by atoms with van der Waals surface area (Å²) < 4.78 is 0. The summed E-state index contributed by atoms with van der Waals surface area (Å²) in [4.78, 5) is 12.1. The lowest BCUT2D eigenvalue weighted by Gasteiger charge is -2.06. The van der Waals surface area contributed by atoms with Crippen LogP contribution in [0.3, 0.4) is 0 Å². The van der Waals surface area contributed by atoms with E-state index in [4.69, 9.17) is 0 Å². The predicted molar refractivity (Wildman–Crippen MR) is 84.4 cm³/mol. The Balaban J connectivity index is 1.75. The number of hydrogen-bond acceptors (Lipinski definition) is 5. The minimum atomic E-state index is 0.0307. The van der Waals surface area contributed by atoms with Gasteiger partial charge in [0.1, 0.15) is 5.01 Å². The van der Waals surface area contributed by atoms with E-state index >= 15 is 0 Å². The maximum absolute atomic E-state index is 12.1. The number of amides is 1. The summed E-state index contributed by atoms with van der Waals surface area (Å²) in [5.74, 6) is 0.0710. The molecule has 2 heterocycles. The molecule has 6 heteroatoms. The molecule has 1 aromatic heterocycles. The van der Waals surface area contributed by atoms with Crippen molar-refractivity contribution in [1.82, 2.24) is 15.5 Å². The maximum atomic E-state index is 12.1. The van der Waals surface area contributed by atoms with E-state index in [1.807, 2.05) is 0 Å². The third kappa shape index (κ3) is 3.28. The van der Waals surface area contributed by atoms with Crippen molar-refractivity contribution in [2.24, 2.45) is 5.92 Å². The molecule has 2 aromatic rings. The van der Waals surface area contributed by atoms with Gasteiger partial charge in [-0.15, -0.1) is 10.2 Å². The SMILES string of the molecule is Cc1cc(C)cc(-c2nnc(NC(=O)C3CCNC3)s2)c1. The highest BCUT2D eigenvalue weighted by molar-refractivity contribution is 7.18. The summed E-state index contributed by atoms with van der Waals surface area (Å²) in [5.41, 5.74) is 3.44. The Hall–Kier alpha value is -1.79. The molecule has 1 unspecified atom stereocenters. The Morgan fingerprint density at radius 1 is 1.29 bits per heavy atom. The van der Waals surface area contributed by atoms with Gasteiger partial charge in [0.2, 0.25) is 11.0 Å². The van der Waals surface area contributed by atoms with Gasteiger partial charge in [0.05, 0.1) is 5.92 Å². The fourth-order valence-electron chi connectivity index (χ4n) is 2.57. The molecule has 0 spiro atoms. The first-order chi connectivity index (χ1) is 10.1. The van der Waals surface area contributed by atoms with Crippen molar-refractivity contribution < 1.29 is 4.79 Å². The molecular weight excluding hydrogens is 284 g/mol. The molecule has 1 aliphatic heterocycles. The highest BCUT2D eigenvalue weighted by Crippen LogP contribution is 2.28. The molecule has 3 rings (SSSR count). The summed E-state index contributed by atoms with van der Waals surface area (Å²) in [6.07, 6.45) is 0.884. The van der Waals surface area contributed by atoms with E-state index in [0.717, 1.165) is 30.1 Å². The summed E-state index contributed by atoms with van der Waals surface area (Å²) in [5, 5.41) is 15.7. The van der Waals surface area contributed by atoms with Gasteiger partial charge in [0.25, 0.3) is 0 Å². The van der Waals surface area contributed by atoms with Gasteiger partial charge in [0.15, 0.2) is 0 Å². The second-order valence-corrected chi connectivity index (χ2v) is 6.45. The number of aryl methyl sites for hydroxylation is 2. The van der Waals surface area contributed by atoms with Crippen LogP contribution in [0, 0.1) is 19.8 Å². The van der Waals surface area contributed by atoms with Crippen molar-refractivity contribution >= 4 is 22.4 Å². The van der Waals surface area contributed by atoms with Gasteiger partial charge in [-0.2, -0.15) is 0 Å². The van der Waals surface area contributed by atoms with Crippen molar-refractivity contribution in [3.05, 3.63) is 29.3 Å². The minimum absolute atomic E-state index is 0.0307. The standard InChI is InChI=1S/C15H18N4OS/c1-9-5-10(2)7-12(6-9)14-18-19-15(21-14)17-13(20)11-3-4-16-8-11/h5-7,11,16H,3-4,8H2,1-2H3,(H,17,19,20). The van der Waals surface area contributed by atoms with E-state index in [1.54, 1.807) is 0 Å². The van der Waals surface area contributed by atoms with Crippen LogP contribution in [0.1, 0.15) is 17.5 Å². The number of nitrogens with zero attached hydrogens (tertiary/aromatic N) is 2. The molecule has 1 fully saturated rings. The first kappa shape index (κ1) is 14.2. The number of carbonyl (C=O) groups is 1. The summed E-state index contributed by atoms with van der Waals surface area (Å²) in [6.45, 7) is 5.78. The number of rotatable bonds is 3. The third-order valence-corrected chi connectivity index (χ3v) is 4.44. The zero-order chi connectivity index (χ0) is 14.8. The topological polar surface area (TPSA) is 66.9 Å². The molecule has 1 atom stereocenters. The average Bonchev–Trinajstić information content (AvgIpc) is 3.08. The van der Waals surface area contributed by atoms with Crippen LogP contribution in [0.4, 0.5) is 5.13 Å². The molecule has 0 saturated carbocycles. The van der Waals surface area contributed by atoms with Gasteiger partial charge in [-0.05, 0) is 38.9 Å². The van der Waals surface area contributed by atoms with Crippen LogP contribution >= 0.6 is 11.3 Å². The van der Waals surface area contributed by atoms with Gasteiger partial charge in [-0.25, -0.2) is 0 Å². The van der Waals surface area contributed by atoms with E-state index in [2.05, 4.69) is 52.9 Å². The average molecular weight is 302 g/mol. The molecular formula is C15H18N4OS. The zero-order valence-electron chi connectivity index (χ0n) is 12.1. The van der Waals surface area contributed by atoms with Gasteiger partial charge >= 0.3 is 0 Å². The number of carbonyl (C=O) groups excluding carboxylic acids is 1. The number of nitrogens with one attached hydrogen (secondary N) is 2. The minimum Gasteiger partial charge on any atom is -0.316 e. The second-order valence-electron chi connectivity index (χ2n) is 5.47. The molecule has 1 aromatic carbocycles. The number of hydrogen-bond donors (Lipinski definition) is 2. The van der Waals surface area contributed by atoms with Gasteiger partial charge < -0.3 is 10.6 Å². The Labute approximate surface area is 127 Å². The van der Waals surface area contributed by atoms with E-state index in [9.17, 15) is 4.79 Å². The molecule has 5 nitrogen and oxygen atoms in total. The van der Waals surface area contributed by atoms with E-state index in [0.29, 0.717) is 5.13 Å². The lowest BCUT2D eigenvalue weighted by Crippen LogP contribution is -2.24. The summed E-state index contributed by atoms with van der Waals surface area (Å²) in [6, 6.07) is 6.29. The van der Waals surface area contributed by atoms with Crippen molar-refractivity contribution in [2.45, 2.75) is 20.3 Å². The fourth-order valence-corrected chi connectivity index (χ4v) is 3.31. The van der Waals surface area contributed by atoms with Crippen LogP contribution in [-0.4, -0.2) is 29.2 Å². The summed E-state index contributed by atoms with van der Waals surface area (Å²) >= 11 is 1.42. The highest BCUT2D eigenvalue weighted by Gasteiger charge is 2.23. The number of aromatic nitrogens is 2. The molecule has 0 radical (unpaired) electrons. The molecule has 1 saturated heterocycles. The Morgan fingerprint density at radius 2 is 2.05 bits per heavy atom. The molecule has 0 bridgehead atoms. The van der Waals surface area contributed by atoms with Crippen LogP contribution < -0.4 is 10.6 Å². The van der Waals surface area contributed by atoms with E-state index in [1.165, 1.54) is 22.5 Å². The monoisotopic (exact) mass is 302 g/mol. The smallest absolute Gasteiger partial charge is 0.230 e. The Morgan fingerprint density at radius 3 is 2.71 bits per heavy atom. The molecule has 2 N–H and O–H groups in total. The quantitative estimate of drug-likeness (QED) is 0.913. The lowest BCUT2D eigenvalue weighted by atomic mass is 10.1. The summed E-state index contributed by atoms with van der Waals surface area (Å²) in [7, 11) is 0. The maximum Gasteiger partial charge on any atom is 0.230 e. The largest absolute Gasteiger partial charge is 0.316 e. The third-order valence-electron chi connectivity index (χ3n) is 3.55. The van der Waals surface area contributed by atoms with Crippen molar-refractivity contribution in [3.63, 3.8) is 0 Å². The van der Waals surface area contributed by atoms with Gasteiger partial charge in [-0.1, -0.05) is 28.5 Å². The first-order valence-corrected chi connectivity index (χ1v) is 7.87. The van der Waals surface area contributed by atoms with Crippen LogP contribution in [-0.2, 0) is 4.79 Å². The van der Waals surface area contributed by atoms with E-state index in [-0.39, 0.29) is 11.8 Å². The van der Waals surface area contributed by atoms with Gasteiger partial charge in [0, 0.05) is 12.1 Å². The van der Waals surface area contributed by atoms with Crippen molar-refractivity contribution in [2.75, 3.05) is 18.4 Å². The van der Waals surface area contributed by atoms with Crippen LogP contribution in [0.25, 0.3) is 10.6 Å². The molecule has 1 aliphatic rings. The molecule has 0 aliphatic carbocycles. The first-order valence-electron chi connectivity index (χ1n) is 7.05. The zero-order valence-corrected chi connectivity index (χ0v) is 13.0. The normalized spacial score (nSPS) is 17.9. The Bertz CT molecular complexity index is 641. The predicted octanol–water partition coefficient (Wildman–Crippen LogP) is 2.37. The van der Waals surface area contributed by atoms with Crippen LogP contribution in [0.2, 0.25) is 0 Å². The molecule has 110 valence electrons. The second kappa shape index (κ2) is 5.91. The van der Waals surface area contributed by atoms with E-state index < -0.39 is 0 Å². The fraction of sp³-hybridized carbons (Fsp3) is 0.400. The highest BCUT2D eigenvalue weighted by atomic mass is 32.1. The number of benzene rings is 1. The number of anilines is 1. The van der Waals surface area contributed by atoms with Gasteiger partial charge in [-0.3, -0.25) is 4.79 Å². The van der Waals surface area contributed by atoms with Crippen LogP contribution in [0.15, 0.2) is 18.2 Å². The molecule has 21 heavy (non-hydrogen) atoms. The molecule has 1 amide bonds. The van der Waals surface area contributed by atoms with Crippen LogP contribution in [0.5, 0.6) is 0 Å². The van der Waals surface area contributed by atoms with Crippen molar-refractivity contribution in [3.8, 4) is 10.6 Å². The lowest BCUT2D eigenvalue weighted by molar-refractivity contribution is -0.119. The van der Waals surface area contributed by atoms with Crippen molar-refractivity contribution in [1.29, 1.82) is 0 Å². The Kier molecular flexibility index (Phi) is 3.98.